The van der Waals surface area contributed by atoms with Crippen molar-refractivity contribution < 1.29 is 4.84 Å². The molecule has 3 nitrogen and oxygen atoms in total. The van der Waals surface area contributed by atoms with Crippen LogP contribution in [0.15, 0.2) is 66.4 Å². The second-order valence-corrected chi connectivity index (χ2v) is 4.59. The zero-order chi connectivity index (χ0) is 13.1. The van der Waals surface area contributed by atoms with Crippen molar-refractivity contribution in [3.63, 3.8) is 0 Å². The van der Waals surface area contributed by atoms with Crippen LogP contribution in [0.25, 0.3) is 0 Å². The molecule has 0 unspecified atom stereocenters. The minimum atomic E-state index is -0.0306. The van der Waals surface area contributed by atoms with Crippen LogP contribution in [0, 0.1) is 0 Å². The molecule has 96 valence electrons. The molecule has 19 heavy (non-hydrogen) atoms. The molecule has 0 saturated carbocycles. The number of aromatic nitrogens is 1. The quantitative estimate of drug-likeness (QED) is 0.765. The van der Waals surface area contributed by atoms with Crippen molar-refractivity contribution in [3.05, 3.63) is 71.9 Å². The average Bonchev–Trinajstić information content (AvgIpc) is 2.49. The molecule has 1 aromatic heterocycles. The summed E-state index contributed by atoms with van der Waals surface area (Å²) in [6.07, 6.45) is 3.94. The highest BCUT2D eigenvalue weighted by Crippen LogP contribution is 2.31. The molecule has 2 heterocycles. The summed E-state index contributed by atoms with van der Waals surface area (Å²) >= 11 is 0. The molecule has 0 fully saturated rings. The van der Waals surface area contributed by atoms with E-state index in [2.05, 4.69) is 30.1 Å². The Morgan fingerprint density at radius 3 is 2.63 bits per heavy atom. The van der Waals surface area contributed by atoms with Gasteiger partial charge in [0.2, 0.25) is 0 Å². The Morgan fingerprint density at radius 2 is 1.89 bits per heavy atom. The van der Waals surface area contributed by atoms with Gasteiger partial charge < -0.3 is 0 Å². The molecule has 0 radical (unpaired) electrons. The Labute approximate surface area is 113 Å². The van der Waals surface area contributed by atoms with Crippen molar-refractivity contribution in [2.24, 2.45) is 0 Å². The molecule has 1 aromatic carbocycles. The van der Waals surface area contributed by atoms with Crippen LogP contribution in [0.1, 0.15) is 18.6 Å². The minimum absolute atomic E-state index is 0.0306. The first kappa shape index (κ1) is 11.9. The Balaban J connectivity index is 1.87. The van der Waals surface area contributed by atoms with Crippen molar-refractivity contribution in [3.8, 4) is 0 Å². The smallest absolute Gasteiger partial charge is 0.152 e. The molecular formula is C16H16N2O. The second kappa shape index (κ2) is 5.24. The number of pyridine rings is 1. The Morgan fingerprint density at radius 1 is 1.11 bits per heavy atom. The van der Waals surface area contributed by atoms with Crippen molar-refractivity contribution in [2.45, 2.75) is 13.0 Å². The topological polar surface area (TPSA) is 25.4 Å². The van der Waals surface area contributed by atoms with Crippen LogP contribution in [-0.4, -0.2) is 11.5 Å². The molecule has 2 aromatic rings. The van der Waals surface area contributed by atoms with E-state index in [4.69, 9.17) is 4.84 Å². The van der Waals surface area contributed by atoms with E-state index in [0.29, 0.717) is 0 Å². The molecule has 1 aliphatic rings. The average molecular weight is 252 g/mol. The number of hydrogen-bond donors (Lipinski definition) is 0. The van der Waals surface area contributed by atoms with E-state index in [1.54, 1.807) is 6.20 Å². The number of nitrogens with zero attached hydrogens (tertiary/aromatic N) is 2. The van der Waals surface area contributed by atoms with Gasteiger partial charge in [0, 0.05) is 6.20 Å². The van der Waals surface area contributed by atoms with Gasteiger partial charge in [-0.05, 0) is 30.2 Å². The van der Waals surface area contributed by atoms with Gasteiger partial charge in [-0.1, -0.05) is 42.5 Å². The highest BCUT2D eigenvalue weighted by atomic mass is 16.7. The third kappa shape index (κ3) is 2.51. The van der Waals surface area contributed by atoms with E-state index >= 15 is 0 Å². The molecule has 0 amide bonds. The maximum absolute atomic E-state index is 6.07. The maximum Gasteiger partial charge on any atom is 0.152 e. The SMILES string of the molecule is CC1=CCN(c2ccccn2)O[C@H]1c1ccccc1. The van der Waals surface area contributed by atoms with E-state index in [0.717, 1.165) is 17.9 Å². The summed E-state index contributed by atoms with van der Waals surface area (Å²) in [5.74, 6) is 0.840. The predicted molar refractivity (Wildman–Crippen MR) is 75.6 cm³/mol. The molecule has 3 heteroatoms. The van der Waals surface area contributed by atoms with E-state index in [9.17, 15) is 0 Å². The highest BCUT2D eigenvalue weighted by Gasteiger charge is 2.23. The minimum Gasteiger partial charge on any atom is -0.259 e. The van der Waals surface area contributed by atoms with E-state index < -0.39 is 0 Å². The number of benzene rings is 1. The van der Waals surface area contributed by atoms with E-state index in [1.807, 2.05) is 41.5 Å². The first-order valence-electron chi connectivity index (χ1n) is 6.41. The molecule has 0 N–H and O–H groups in total. The molecular weight excluding hydrogens is 236 g/mol. The number of hydrogen-bond acceptors (Lipinski definition) is 3. The predicted octanol–water partition coefficient (Wildman–Crippen LogP) is 3.52. The van der Waals surface area contributed by atoms with Gasteiger partial charge in [0.25, 0.3) is 0 Å². The summed E-state index contributed by atoms with van der Waals surface area (Å²) in [7, 11) is 0. The Kier molecular flexibility index (Phi) is 3.29. The molecule has 0 bridgehead atoms. The van der Waals surface area contributed by atoms with Gasteiger partial charge >= 0.3 is 0 Å². The lowest BCUT2D eigenvalue weighted by molar-refractivity contribution is 0.0484. The van der Waals surface area contributed by atoms with Crippen LogP contribution in [0.4, 0.5) is 5.82 Å². The van der Waals surface area contributed by atoms with Crippen molar-refractivity contribution in [1.82, 2.24) is 4.98 Å². The van der Waals surface area contributed by atoms with Crippen molar-refractivity contribution in [2.75, 3.05) is 11.6 Å². The summed E-state index contributed by atoms with van der Waals surface area (Å²) in [4.78, 5) is 10.4. The second-order valence-electron chi connectivity index (χ2n) is 4.59. The number of hydroxylamine groups is 1. The zero-order valence-corrected chi connectivity index (χ0v) is 10.9. The number of rotatable bonds is 2. The molecule has 0 spiro atoms. The first-order valence-corrected chi connectivity index (χ1v) is 6.41. The van der Waals surface area contributed by atoms with Crippen LogP contribution in [-0.2, 0) is 4.84 Å². The van der Waals surface area contributed by atoms with Gasteiger partial charge in [-0.3, -0.25) is 4.84 Å². The lowest BCUT2D eigenvalue weighted by Crippen LogP contribution is -2.31. The summed E-state index contributed by atoms with van der Waals surface area (Å²) in [5, 5.41) is 1.84. The fourth-order valence-corrected chi connectivity index (χ4v) is 2.19. The lowest BCUT2D eigenvalue weighted by Gasteiger charge is -2.32. The molecule has 1 aliphatic heterocycles. The normalized spacial score (nSPS) is 19.1. The van der Waals surface area contributed by atoms with Gasteiger partial charge in [0.1, 0.15) is 6.10 Å². The zero-order valence-electron chi connectivity index (χ0n) is 10.9. The molecule has 0 aliphatic carbocycles. The lowest BCUT2D eigenvalue weighted by atomic mass is 10.0. The van der Waals surface area contributed by atoms with Gasteiger partial charge in [0.05, 0.1) is 6.54 Å². The maximum atomic E-state index is 6.07. The fraction of sp³-hybridized carbons (Fsp3) is 0.188. The van der Waals surface area contributed by atoms with Crippen molar-refractivity contribution >= 4 is 5.82 Å². The van der Waals surface area contributed by atoms with Crippen LogP contribution in [0.3, 0.4) is 0 Å². The third-order valence-corrected chi connectivity index (χ3v) is 3.23. The molecule has 1 atom stereocenters. The number of anilines is 1. The van der Waals surface area contributed by atoms with E-state index in [1.165, 1.54) is 5.57 Å². The van der Waals surface area contributed by atoms with Crippen molar-refractivity contribution in [1.29, 1.82) is 0 Å². The summed E-state index contributed by atoms with van der Waals surface area (Å²) in [6, 6.07) is 16.1. The third-order valence-electron chi connectivity index (χ3n) is 3.23. The van der Waals surface area contributed by atoms with Gasteiger partial charge in [-0.15, -0.1) is 0 Å². The van der Waals surface area contributed by atoms with Gasteiger partial charge in [-0.2, -0.15) is 0 Å². The molecule has 3 rings (SSSR count). The van der Waals surface area contributed by atoms with Gasteiger partial charge in [-0.25, -0.2) is 10.0 Å². The van der Waals surface area contributed by atoms with Crippen LogP contribution in [0.2, 0.25) is 0 Å². The van der Waals surface area contributed by atoms with Crippen LogP contribution in [0.5, 0.6) is 0 Å². The highest BCUT2D eigenvalue weighted by molar-refractivity contribution is 5.38. The largest absolute Gasteiger partial charge is 0.259 e. The monoisotopic (exact) mass is 252 g/mol. The summed E-state index contributed by atoms with van der Waals surface area (Å²) in [6.45, 7) is 2.83. The standard InChI is InChI=1S/C16H16N2O/c1-13-10-12-18(15-9-5-6-11-17-15)19-16(13)14-7-3-2-4-8-14/h2-11,16H,12H2,1H3/t16-/m1/s1. The first-order chi connectivity index (χ1) is 9.34. The Hall–Kier alpha value is -2.13. The summed E-state index contributed by atoms with van der Waals surface area (Å²) < 4.78 is 0. The van der Waals surface area contributed by atoms with Crippen LogP contribution >= 0.6 is 0 Å². The van der Waals surface area contributed by atoms with Crippen LogP contribution < -0.4 is 5.06 Å². The van der Waals surface area contributed by atoms with E-state index in [-0.39, 0.29) is 6.10 Å². The Bertz CT molecular complexity index is 566. The molecule has 0 saturated heterocycles. The fourth-order valence-electron chi connectivity index (χ4n) is 2.19. The summed E-state index contributed by atoms with van der Waals surface area (Å²) in [5.41, 5.74) is 2.40. The van der Waals surface area contributed by atoms with Gasteiger partial charge in [0.15, 0.2) is 5.82 Å².